The number of ether oxygens (including phenoxy) is 1. The summed E-state index contributed by atoms with van der Waals surface area (Å²) >= 11 is 0. The second kappa shape index (κ2) is 7.90. The summed E-state index contributed by atoms with van der Waals surface area (Å²) in [6, 6.07) is -0.360. The number of halogens is 1. The maximum atomic E-state index is 12.0. The van der Waals surface area contributed by atoms with Crippen LogP contribution in [0.25, 0.3) is 0 Å². The molecule has 4 nitrogen and oxygen atoms in total. The Morgan fingerprint density at radius 1 is 1.53 bits per heavy atom. The molecule has 1 aliphatic rings. The Hall–Kier alpha value is -0.320. The minimum absolute atomic E-state index is 0. The molecule has 1 rings (SSSR count). The highest BCUT2D eigenvalue weighted by molar-refractivity contribution is 5.85. The first kappa shape index (κ1) is 16.7. The maximum Gasteiger partial charge on any atom is 0.239 e. The summed E-state index contributed by atoms with van der Waals surface area (Å²) in [6.45, 7) is 6.35. The zero-order chi connectivity index (χ0) is 12.1. The van der Waals surface area contributed by atoms with Gasteiger partial charge in [0.2, 0.25) is 5.91 Å². The molecule has 1 amide bonds. The molecule has 1 heterocycles. The molecule has 2 N–H and O–H groups in total. The van der Waals surface area contributed by atoms with Gasteiger partial charge in [-0.1, -0.05) is 13.8 Å². The van der Waals surface area contributed by atoms with Gasteiger partial charge in [0, 0.05) is 20.2 Å². The monoisotopic (exact) mass is 264 g/mol. The average Bonchev–Trinajstić information content (AvgIpc) is 2.28. The summed E-state index contributed by atoms with van der Waals surface area (Å²) in [5, 5.41) is 0. The zero-order valence-electron chi connectivity index (χ0n) is 11.0. The fourth-order valence-electron chi connectivity index (χ4n) is 2.13. The molecule has 0 aromatic carbocycles. The Morgan fingerprint density at radius 3 is 2.71 bits per heavy atom. The van der Waals surface area contributed by atoms with Crippen LogP contribution in [0.15, 0.2) is 0 Å². The molecule has 5 heteroatoms. The van der Waals surface area contributed by atoms with Gasteiger partial charge in [0.05, 0.1) is 12.6 Å². The first-order chi connectivity index (χ1) is 7.56. The van der Waals surface area contributed by atoms with Crippen LogP contribution in [0.1, 0.15) is 26.7 Å². The number of hydrogen-bond donors (Lipinski definition) is 1. The summed E-state index contributed by atoms with van der Waals surface area (Å²) < 4.78 is 5.15. The lowest BCUT2D eigenvalue weighted by Crippen LogP contribution is -2.50. The number of amides is 1. The molecule has 0 aromatic heterocycles. The first-order valence-corrected chi connectivity index (χ1v) is 6.09. The number of hydrogen-bond acceptors (Lipinski definition) is 3. The quantitative estimate of drug-likeness (QED) is 0.832. The summed E-state index contributed by atoms with van der Waals surface area (Å²) in [5.74, 6) is 0.771. The van der Waals surface area contributed by atoms with Crippen LogP contribution in [-0.2, 0) is 9.53 Å². The highest BCUT2D eigenvalue weighted by Gasteiger charge is 2.28. The molecule has 1 aliphatic heterocycles. The maximum absolute atomic E-state index is 12.0. The zero-order valence-corrected chi connectivity index (χ0v) is 11.8. The fraction of sp³-hybridized carbons (Fsp3) is 0.917. The van der Waals surface area contributed by atoms with Gasteiger partial charge in [-0.2, -0.15) is 0 Å². The number of carbonyl (C=O) groups excluding carboxylic acids is 1. The minimum Gasteiger partial charge on any atom is -0.384 e. The van der Waals surface area contributed by atoms with E-state index in [2.05, 4.69) is 0 Å². The molecule has 2 unspecified atom stereocenters. The van der Waals surface area contributed by atoms with Gasteiger partial charge in [0.1, 0.15) is 0 Å². The Balaban J connectivity index is 0.00000256. The lowest BCUT2D eigenvalue weighted by molar-refractivity contribution is -0.135. The van der Waals surface area contributed by atoms with E-state index in [1.165, 1.54) is 0 Å². The second-order valence-corrected chi connectivity index (χ2v) is 5.02. The Bertz CT molecular complexity index is 235. The third-order valence-corrected chi connectivity index (χ3v) is 3.24. The topological polar surface area (TPSA) is 55.6 Å². The van der Waals surface area contributed by atoms with Crippen LogP contribution in [0.5, 0.6) is 0 Å². The summed E-state index contributed by atoms with van der Waals surface area (Å²) in [6.07, 6.45) is 2.21. The Labute approximate surface area is 110 Å². The SMILES string of the molecule is COCC1CCCN(C(=O)C(N)C(C)C)C1.Cl. The van der Waals surface area contributed by atoms with Gasteiger partial charge in [-0.15, -0.1) is 12.4 Å². The molecule has 1 saturated heterocycles. The number of nitrogens with two attached hydrogens (primary N) is 1. The van der Waals surface area contributed by atoms with Crippen molar-refractivity contribution in [2.45, 2.75) is 32.7 Å². The van der Waals surface area contributed by atoms with Crippen LogP contribution in [0, 0.1) is 11.8 Å². The van der Waals surface area contributed by atoms with E-state index in [-0.39, 0.29) is 30.3 Å². The molecule has 0 aromatic rings. The predicted octanol–water partition coefficient (Wildman–Crippen LogP) is 1.28. The van der Waals surface area contributed by atoms with Crippen molar-refractivity contribution < 1.29 is 9.53 Å². The van der Waals surface area contributed by atoms with Gasteiger partial charge in [0.25, 0.3) is 0 Å². The normalized spacial score (nSPS) is 22.2. The van der Waals surface area contributed by atoms with E-state index in [0.29, 0.717) is 5.92 Å². The molecule has 0 saturated carbocycles. The van der Waals surface area contributed by atoms with Gasteiger partial charge in [0.15, 0.2) is 0 Å². The largest absolute Gasteiger partial charge is 0.384 e. The molecular weight excluding hydrogens is 240 g/mol. The van der Waals surface area contributed by atoms with Crippen LogP contribution in [0.3, 0.4) is 0 Å². The molecule has 0 radical (unpaired) electrons. The number of rotatable bonds is 4. The molecular formula is C12H25ClN2O2. The highest BCUT2D eigenvalue weighted by atomic mass is 35.5. The lowest BCUT2D eigenvalue weighted by Gasteiger charge is -2.34. The molecule has 0 aliphatic carbocycles. The number of methoxy groups -OCH3 is 1. The number of piperidine rings is 1. The fourth-order valence-corrected chi connectivity index (χ4v) is 2.13. The van der Waals surface area contributed by atoms with E-state index in [4.69, 9.17) is 10.5 Å². The molecule has 0 spiro atoms. The van der Waals surface area contributed by atoms with Crippen molar-refractivity contribution in [3.63, 3.8) is 0 Å². The molecule has 1 fully saturated rings. The van der Waals surface area contributed by atoms with Crippen LogP contribution >= 0.6 is 12.4 Å². The second-order valence-electron chi connectivity index (χ2n) is 5.02. The van der Waals surface area contributed by atoms with E-state index in [0.717, 1.165) is 32.5 Å². The number of likely N-dealkylation sites (tertiary alicyclic amines) is 1. The van der Waals surface area contributed by atoms with Gasteiger partial charge in [-0.25, -0.2) is 0 Å². The number of carbonyl (C=O) groups is 1. The van der Waals surface area contributed by atoms with E-state index in [1.54, 1.807) is 7.11 Å². The lowest BCUT2D eigenvalue weighted by atomic mass is 9.96. The highest BCUT2D eigenvalue weighted by Crippen LogP contribution is 2.18. The van der Waals surface area contributed by atoms with Crippen LogP contribution in [0.4, 0.5) is 0 Å². The third kappa shape index (κ3) is 4.82. The van der Waals surface area contributed by atoms with Gasteiger partial charge >= 0.3 is 0 Å². The standard InChI is InChI=1S/C12H24N2O2.ClH/c1-9(2)11(13)12(15)14-6-4-5-10(7-14)8-16-3;/h9-11H,4-8,13H2,1-3H3;1H. The summed E-state index contributed by atoms with van der Waals surface area (Å²) in [4.78, 5) is 14.0. The molecule has 2 atom stereocenters. The smallest absolute Gasteiger partial charge is 0.239 e. The van der Waals surface area contributed by atoms with E-state index >= 15 is 0 Å². The van der Waals surface area contributed by atoms with Crippen molar-refractivity contribution in [2.75, 3.05) is 26.8 Å². The molecule has 17 heavy (non-hydrogen) atoms. The van der Waals surface area contributed by atoms with E-state index in [9.17, 15) is 4.79 Å². The van der Waals surface area contributed by atoms with E-state index < -0.39 is 0 Å². The van der Waals surface area contributed by atoms with Crippen molar-refractivity contribution in [3.05, 3.63) is 0 Å². The first-order valence-electron chi connectivity index (χ1n) is 6.09. The van der Waals surface area contributed by atoms with E-state index in [1.807, 2.05) is 18.7 Å². The van der Waals surface area contributed by atoms with Crippen molar-refractivity contribution in [1.82, 2.24) is 4.90 Å². The van der Waals surface area contributed by atoms with Crippen LogP contribution < -0.4 is 5.73 Å². The summed E-state index contributed by atoms with van der Waals surface area (Å²) in [5.41, 5.74) is 5.89. The van der Waals surface area contributed by atoms with Crippen LogP contribution in [-0.4, -0.2) is 43.7 Å². The van der Waals surface area contributed by atoms with Gasteiger partial charge < -0.3 is 15.4 Å². The van der Waals surface area contributed by atoms with Crippen molar-refractivity contribution in [2.24, 2.45) is 17.6 Å². The predicted molar refractivity (Wildman–Crippen MR) is 71.2 cm³/mol. The number of nitrogens with zero attached hydrogens (tertiary/aromatic N) is 1. The average molecular weight is 265 g/mol. The van der Waals surface area contributed by atoms with Crippen LogP contribution in [0.2, 0.25) is 0 Å². The Kier molecular flexibility index (Phi) is 7.75. The van der Waals surface area contributed by atoms with Crippen molar-refractivity contribution >= 4 is 18.3 Å². The summed E-state index contributed by atoms with van der Waals surface area (Å²) in [7, 11) is 1.71. The third-order valence-electron chi connectivity index (χ3n) is 3.24. The van der Waals surface area contributed by atoms with Crippen molar-refractivity contribution in [3.8, 4) is 0 Å². The van der Waals surface area contributed by atoms with Gasteiger partial charge in [-0.05, 0) is 24.7 Å². The molecule has 102 valence electrons. The van der Waals surface area contributed by atoms with Gasteiger partial charge in [-0.3, -0.25) is 4.79 Å². The van der Waals surface area contributed by atoms with Crippen molar-refractivity contribution in [1.29, 1.82) is 0 Å². The Morgan fingerprint density at radius 2 is 2.18 bits per heavy atom. The minimum atomic E-state index is -0.360. The molecule has 0 bridgehead atoms.